The number of nitrogens with one attached hydrogen (secondary N) is 7. The molecule has 62 valence electrons. The van der Waals surface area contributed by atoms with Gasteiger partial charge < -0.3 is 0 Å². The Bertz CT molecular complexity index is 47.2. The van der Waals surface area contributed by atoms with E-state index in [0.717, 1.165) is 6.54 Å². The van der Waals surface area contributed by atoms with Gasteiger partial charge in [-0.3, -0.25) is 5.84 Å². The Hall–Kier alpha value is -0.320. The van der Waals surface area contributed by atoms with Gasteiger partial charge in [0.05, 0.1) is 0 Å². The maximum absolute atomic E-state index is 4.84. The van der Waals surface area contributed by atoms with E-state index in [9.17, 15) is 0 Å². The summed E-state index contributed by atoms with van der Waals surface area (Å²) in [6.07, 6.45) is 0. The van der Waals surface area contributed by atoms with E-state index in [1.54, 1.807) is 0 Å². The van der Waals surface area contributed by atoms with E-state index in [0.29, 0.717) is 0 Å². The van der Waals surface area contributed by atoms with Crippen molar-refractivity contribution in [3.63, 3.8) is 0 Å². The Morgan fingerprint density at radius 2 is 1.60 bits per heavy atom. The van der Waals surface area contributed by atoms with Crippen molar-refractivity contribution in [1.29, 1.82) is 0 Å². The number of hydrogen-bond donors (Lipinski definition) is 8. The highest BCUT2D eigenvalue weighted by Crippen LogP contribution is 1.37. The van der Waals surface area contributed by atoms with Crippen molar-refractivity contribution in [2.45, 2.75) is 6.92 Å². The molecule has 0 aliphatic carbocycles. The minimum atomic E-state index is 0.817. The van der Waals surface area contributed by atoms with Gasteiger partial charge >= 0.3 is 0 Å². The third-order valence-corrected chi connectivity index (χ3v) is 0.587. The van der Waals surface area contributed by atoms with E-state index in [1.165, 1.54) is 0 Å². The Balaban J connectivity index is 2.65. The molecule has 0 rings (SSSR count). The molecule has 0 fully saturated rings. The van der Waals surface area contributed by atoms with Crippen LogP contribution in [-0.2, 0) is 0 Å². The molecule has 0 spiro atoms. The lowest BCUT2D eigenvalue weighted by Gasteiger charge is -2.09. The SMILES string of the molecule is CCNNNNNNNN. The van der Waals surface area contributed by atoms with E-state index in [1.807, 2.05) is 6.92 Å². The van der Waals surface area contributed by atoms with E-state index in [-0.39, 0.29) is 0 Å². The monoisotopic (exact) mass is 150 g/mol. The predicted octanol–water partition coefficient (Wildman–Crippen LogP) is -3.50. The van der Waals surface area contributed by atoms with Gasteiger partial charge in [-0.2, -0.15) is 33.2 Å². The van der Waals surface area contributed by atoms with E-state index in [2.05, 4.69) is 38.6 Å². The number of hydrazine groups is 7. The van der Waals surface area contributed by atoms with E-state index >= 15 is 0 Å². The van der Waals surface area contributed by atoms with Crippen molar-refractivity contribution in [2.24, 2.45) is 5.84 Å². The molecule has 0 aromatic rings. The summed E-state index contributed by atoms with van der Waals surface area (Å²) in [5.41, 5.74) is 17.4. The van der Waals surface area contributed by atoms with Gasteiger partial charge in [-0.05, 0) is 0 Å². The second kappa shape index (κ2) is 8.68. The van der Waals surface area contributed by atoms with Gasteiger partial charge in [0.2, 0.25) is 0 Å². The third-order valence-electron chi connectivity index (χ3n) is 0.587. The molecule has 0 saturated carbocycles. The lowest BCUT2D eigenvalue weighted by molar-refractivity contribution is 0.276. The average molecular weight is 150 g/mol. The van der Waals surface area contributed by atoms with Crippen LogP contribution in [0.3, 0.4) is 0 Å². The maximum atomic E-state index is 4.84. The van der Waals surface area contributed by atoms with Gasteiger partial charge in [0.25, 0.3) is 0 Å². The minimum Gasteiger partial charge on any atom is -0.257 e. The standard InChI is InChI=1S/C2H14N8/c1-2-4-6-8-10-9-7-5-3/h4-10H,2-3H2,1H3. The summed E-state index contributed by atoms with van der Waals surface area (Å²) in [5, 5.41) is 0. The molecule has 9 N–H and O–H groups in total. The zero-order valence-corrected chi connectivity index (χ0v) is 5.78. The first-order chi connectivity index (χ1) is 4.91. The third kappa shape index (κ3) is 7.68. The van der Waals surface area contributed by atoms with Crippen molar-refractivity contribution < 1.29 is 0 Å². The molecule has 0 aromatic carbocycles. The van der Waals surface area contributed by atoms with Crippen molar-refractivity contribution in [3.8, 4) is 0 Å². The van der Waals surface area contributed by atoms with Gasteiger partial charge in [-0.25, -0.2) is 5.43 Å². The maximum Gasteiger partial charge on any atom is 0.00850 e. The molecule has 0 atom stereocenters. The second-order valence-electron chi connectivity index (χ2n) is 1.30. The smallest absolute Gasteiger partial charge is 0.00850 e. The highest BCUT2D eigenvalue weighted by atomic mass is 15.9. The molecule has 0 saturated heterocycles. The molecule has 0 heterocycles. The Kier molecular flexibility index (Phi) is 8.40. The van der Waals surface area contributed by atoms with Crippen molar-refractivity contribution in [3.05, 3.63) is 0 Å². The zero-order chi connectivity index (χ0) is 7.66. The lowest BCUT2D eigenvalue weighted by Crippen LogP contribution is -2.62. The quantitative estimate of drug-likeness (QED) is 0.107. The summed E-state index contributed by atoms with van der Waals surface area (Å²) in [5.74, 6) is 4.84. The van der Waals surface area contributed by atoms with Crippen LogP contribution in [0.5, 0.6) is 0 Å². The molecule has 0 aliphatic rings. The van der Waals surface area contributed by atoms with Gasteiger partial charge in [-0.1, -0.05) is 6.92 Å². The van der Waals surface area contributed by atoms with Gasteiger partial charge in [0.15, 0.2) is 0 Å². The molecule has 0 amide bonds. The largest absolute Gasteiger partial charge is 0.257 e. The molecule has 0 aliphatic heterocycles. The van der Waals surface area contributed by atoms with Crippen molar-refractivity contribution in [1.82, 2.24) is 38.6 Å². The average Bonchev–Trinajstić information content (AvgIpc) is 1.97. The minimum absolute atomic E-state index is 0.817. The van der Waals surface area contributed by atoms with E-state index in [4.69, 9.17) is 5.84 Å². The van der Waals surface area contributed by atoms with Crippen LogP contribution >= 0.6 is 0 Å². The highest BCUT2D eigenvalue weighted by Gasteiger charge is 1.76. The Morgan fingerprint density at radius 1 is 1.00 bits per heavy atom. The Labute approximate surface area is 59.1 Å². The molecule has 0 bridgehead atoms. The summed E-state index contributed by atoms with van der Waals surface area (Å²) in [6.45, 7) is 2.78. The zero-order valence-electron chi connectivity index (χ0n) is 5.78. The predicted molar refractivity (Wildman–Crippen MR) is 36.7 cm³/mol. The van der Waals surface area contributed by atoms with Crippen LogP contribution in [-0.4, -0.2) is 6.54 Å². The molecule has 0 radical (unpaired) electrons. The summed E-state index contributed by atoms with van der Waals surface area (Å²) in [7, 11) is 0. The van der Waals surface area contributed by atoms with Crippen LogP contribution in [0.1, 0.15) is 6.92 Å². The van der Waals surface area contributed by atoms with Gasteiger partial charge in [-0.15, -0.1) is 0 Å². The van der Waals surface area contributed by atoms with Crippen LogP contribution in [0, 0.1) is 0 Å². The van der Waals surface area contributed by atoms with E-state index < -0.39 is 0 Å². The number of hydrogen-bond acceptors (Lipinski definition) is 8. The van der Waals surface area contributed by atoms with Crippen LogP contribution < -0.4 is 44.5 Å². The first kappa shape index (κ1) is 9.68. The normalized spacial score (nSPS) is 10.2. The molecular formula is C2H14N8. The molecule has 0 unspecified atom stereocenters. The fraction of sp³-hybridized carbons (Fsp3) is 1.00. The van der Waals surface area contributed by atoms with Gasteiger partial charge in [0.1, 0.15) is 0 Å². The summed E-state index contributed by atoms with van der Waals surface area (Å²) in [4.78, 5) is 0. The van der Waals surface area contributed by atoms with Crippen LogP contribution in [0.4, 0.5) is 0 Å². The fourth-order valence-corrected chi connectivity index (χ4v) is 0.262. The highest BCUT2D eigenvalue weighted by molar-refractivity contribution is 4.20. The summed E-state index contributed by atoms with van der Waals surface area (Å²) >= 11 is 0. The first-order valence-electron chi connectivity index (χ1n) is 2.85. The fourth-order valence-electron chi connectivity index (χ4n) is 0.262. The molecule has 0 aromatic heterocycles. The molecule has 10 heavy (non-hydrogen) atoms. The van der Waals surface area contributed by atoms with Crippen LogP contribution in [0.2, 0.25) is 0 Å². The second-order valence-corrected chi connectivity index (χ2v) is 1.30. The molecular weight excluding hydrogens is 136 g/mol. The van der Waals surface area contributed by atoms with Crippen LogP contribution in [0.15, 0.2) is 0 Å². The first-order valence-corrected chi connectivity index (χ1v) is 2.85. The number of nitrogens with two attached hydrogens (primary N) is 1. The Morgan fingerprint density at radius 3 is 2.20 bits per heavy atom. The van der Waals surface area contributed by atoms with Crippen molar-refractivity contribution in [2.75, 3.05) is 6.54 Å². The molecule has 8 nitrogen and oxygen atoms in total. The molecule has 8 heteroatoms. The van der Waals surface area contributed by atoms with Crippen LogP contribution in [0.25, 0.3) is 0 Å². The number of rotatable bonds is 7. The topological polar surface area (TPSA) is 110 Å². The summed E-state index contributed by atoms with van der Waals surface area (Å²) in [6, 6.07) is 0. The van der Waals surface area contributed by atoms with Crippen molar-refractivity contribution >= 4 is 0 Å². The van der Waals surface area contributed by atoms with Gasteiger partial charge in [0, 0.05) is 6.54 Å². The summed E-state index contributed by atoms with van der Waals surface area (Å²) < 4.78 is 0. The lowest BCUT2D eigenvalue weighted by atomic mass is 10.8.